The van der Waals surface area contributed by atoms with Crippen LogP contribution < -0.4 is 5.32 Å². The number of alkyl halides is 3. The topological polar surface area (TPSA) is 15.3 Å². The summed E-state index contributed by atoms with van der Waals surface area (Å²) in [4.78, 5) is 2.14. The van der Waals surface area contributed by atoms with Crippen molar-refractivity contribution in [1.82, 2.24) is 10.2 Å². The van der Waals surface area contributed by atoms with Gasteiger partial charge < -0.3 is 10.2 Å². The van der Waals surface area contributed by atoms with E-state index < -0.39 is 12.1 Å². The van der Waals surface area contributed by atoms with Gasteiger partial charge in [0.05, 0.1) is 5.92 Å². The van der Waals surface area contributed by atoms with Crippen molar-refractivity contribution in [2.75, 3.05) is 26.2 Å². The molecule has 1 aliphatic heterocycles. The Bertz CT molecular complexity index is 411. The van der Waals surface area contributed by atoms with Crippen molar-refractivity contribution in [2.24, 2.45) is 5.92 Å². The van der Waals surface area contributed by atoms with Crippen LogP contribution in [0.3, 0.4) is 0 Å². The van der Waals surface area contributed by atoms with Crippen LogP contribution in [0.4, 0.5) is 13.2 Å². The Labute approximate surface area is 124 Å². The predicted octanol–water partition coefficient (Wildman–Crippen LogP) is 3.61. The number of hydrogen-bond acceptors (Lipinski definition) is 2. The first-order chi connectivity index (χ1) is 10.0. The van der Waals surface area contributed by atoms with Crippen molar-refractivity contribution in [2.45, 2.75) is 32.0 Å². The summed E-state index contributed by atoms with van der Waals surface area (Å²) in [5.41, 5.74) is 1.19. The Morgan fingerprint density at radius 1 is 1.19 bits per heavy atom. The third-order valence-electron chi connectivity index (χ3n) is 4.14. The fourth-order valence-corrected chi connectivity index (χ4v) is 2.92. The molecular weight excluding hydrogens is 277 g/mol. The van der Waals surface area contributed by atoms with Crippen molar-refractivity contribution < 1.29 is 13.2 Å². The number of piperidine rings is 1. The first kappa shape index (κ1) is 16.3. The zero-order valence-electron chi connectivity index (χ0n) is 12.4. The quantitative estimate of drug-likeness (QED) is 0.893. The predicted molar refractivity (Wildman–Crippen MR) is 78.1 cm³/mol. The highest BCUT2D eigenvalue weighted by atomic mass is 19.4. The van der Waals surface area contributed by atoms with Gasteiger partial charge in [-0.1, -0.05) is 37.3 Å². The number of hydrogen-bond donors (Lipinski definition) is 1. The van der Waals surface area contributed by atoms with E-state index in [4.69, 9.17) is 0 Å². The molecule has 1 heterocycles. The number of rotatable bonds is 5. The molecule has 0 saturated carbocycles. The maximum Gasteiger partial charge on any atom is 0.391 e. The summed E-state index contributed by atoms with van der Waals surface area (Å²) in [6.07, 6.45) is -3.60. The lowest BCUT2D eigenvalue weighted by atomic mass is 9.95. The van der Waals surface area contributed by atoms with Gasteiger partial charge in [-0.15, -0.1) is 0 Å². The lowest BCUT2D eigenvalue weighted by Gasteiger charge is -2.35. The fraction of sp³-hybridized carbons (Fsp3) is 0.625. The van der Waals surface area contributed by atoms with E-state index in [1.54, 1.807) is 0 Å². The minimum Gasteiger partial charge on any atom is -0.309 e. The molecule has 1 atom stereocenters. The van der Waals surface area contributed by atoms with Crippen molar-refractivity contribution in [3.63, 3.8) is 0 Å². The van der Waals surface area contributed by atoms with Crippen LogP contribution in [0, 0.1) is 5.92 Å². The van der Waals surface area contributed by atoms with Crippen LogP contribution in [-0.4, -0.2) is 37.3 Å². The lowest BCUT2D eigenvalue weighted by molar-refractivity contribution is -0.185. The molecule has 2 nitrogen and oxygen atoms in total. The van der Waals surface area contributed by atoms with Crippen molar-refractivity contribution in [1.29, 1.82) is 0 Å². The van der Waals surface area contributed by atoms with E-state index in [0.717, 1.165) is 13.1 Å². The third kappa shape index (κ3) is 4.71. The van der Waals surface area contributed by atoms with E-state index in [-0.39, 0.29) is 18.9 Å². The Morgan fingerprint density at radius 3 is 2.33 bits per heavy atom. The zero-order valence-corrected chi connectivity index (χ0v) is 12.4. The van der Waals surface area contributed by atoms with E-state index in [1.807, 2.05) is 25.1 Å². The molecule has 2 rings (SSSR count). The van der Waals surface area contributed by atoms with Crippen LogP contribution in [0.1, 0.15) is 31.4 Å². The molecule has 1 aliphatic rings. The van der Waals surface area contributed by atoms with Crippen LogP contribution in [0.2, 0.25) is 0 Å². The molecule has 0 bridgehead atoms. The smallest absolute Gasteiger partial charge is 0.309 e. The molecule has 0 aromatic heterocycles. The minimum absolute atomic E-state index is 0.179. The van der Waals surface area contributed by atoms with Gasteiger partial charge in [0, 0.05) is 12.6 Å². The van der Waals surface area contributed by atoms with Crippen molar-refractivity contribution in [3.8, 4) is 0 Å². The summed E-state index contributed by atoms with van der Waals surface area (Å²) in [6, 6.07) is 10.3. The summed E-state index contributed by atoms with van der Waals surface area (Å²) in [5.74, 6) is -1.12. The van der Waals surface area contributed by atoms with Gasteiger partial charge in [0.1, 0.15) is 0 Å². The molecule has 21 heavy (non-hydrogen) atoms. The lowest BCUT2D eigenvalue weighted by Crippen LogP contribution is -2.42. The van der Waals surface area contributed by atoms with Gasteiger partial charge in [0.15, 0.2) is 0 Å². The van der Waals surface area contributed by atoms with E-state index in [1.165, 1.54) is 5.56 Å². The first-order valence-electron chi connectivity index (χ1n) is 7.58. The average Bonchev–Trinajstić information content (AvgIpc) is 2.47. The molecule has 1 aromatic carbocycles. The van der Waals surface area contributed by atoms with Crippen LogP contribution >= 0.6 is 0 Å². The second kappa shape index (κ2) is 7.27. The van der Waals surface area contributed by atoms with Crippen molar-refractivity contribution in [3.05, 3.63) is 35.9 Å². The molecule has 1 N–H and O–H groups in total. The molecule has 0 spiro atoms. The minimum atomic E-state index is -4.04. The monoisotopic (exact) mass is 300 g/mol. The van der Waals surface area contributed by atoms with Gasteiger partial charge in [-0.2, -0.15) is 13.2 Å². The number of likely N-dealkylation sites (tertiary alicyclic amines) is 1. The summed E-state index contributed by atoms with van der Waals surface area (Å²) >= 11 is 0. The highest BCUT2D eigenvalue weighted by Gasteiger charge is 2.41. The Morgan fingerprint density at radius 2 is 1.81 bits per heavy atom. The first-order valence-corrected chi connectivity index (χ1v) is 7.58. The largest absolute Gasteiger partial charge is 0.391 e. The SMILES string of the molecule is CCNC(CN1CCC(C(F)(F)F)CC1)c1ccccc1. The number of halogens is 3. The van der Waals surface area contributed by atoms with Gasteiger partial charge in [0.2, 0.25) is 0 Å². The van der Waals surface area contributed by atoms with E-state index >= 15 is 0 Å². The van der Waals surface area contributed by atoms with Gasteiger partial charge >= 0.3 is 6.18 Å². The standard InChI is InChI=1S/C16H23F3N2/c1-2-20-15(13-6-4-3-5-7-13)12-21-10-8-14(9-11-21)16(17,18)19/h3-7,14-15,20H,2,8-12H2,1H3. The molecule has 0 aliphatic carbocycles. The van der Waals surface area contributed by atoms with Crippen LogP contribution in [0.25, 0.3) is 0 Å². The highest BCUT2D eigenvalue weighted by Crippen LogP contribution is 2.34. The number of nitrogens with zero attached hydrogens (tertiary/aromatic N) is 1. The van der Waals surface area contributed by atoms with E-state index in [2.05, 4.69) is 22.3 Å². The van der Waals surface area contributed by atoms with Gasteiger partial charge in [-0.05, 0) is 38.0 Å². The van der Waals surface area contributed by atoms with Crippen LogP contribution in [0.5, 0.6) is 0 Å². The molecule has 5 heteroatoms. The Kier molecular flexibility index (Phi) is 5.65. The maximum absolute atomic E-state index is 12.7. The third-order valence-corrected chi connectivity index (χ3v) is 4.14. The van der Waals surface area contributed by atoms with Gasteiger partial charge in [-0.3, -0.25) is 0 Å². The Balaban J connectivity index is 1.91. The molecule has 1 aromatic rings. The summed E-state index contributed by atoms with van der Waals surface area (Å²) in [6.45, 7) is 4.71. The number of likely N-dealkylation sites (N-methyl/N-ethyl adjacent to an activating group) is 1. The molecule has 1 saturated heterocycles. The second-order valence-corrected chi connectivity index (χ2v) is 5.64. The fourth-order valence-electron chi connectivity index (χ4n) is 2.92. The summed E-state index contributed by atoms with van der Waals surface area (Å²) in [7, 11) is 0. The van der Waals surface area contributed by atoms with E-state index in [0.29, 0.717) is 13.1 Å². The molecular formula is C16H23F3N2. The molecule has 118 valence electrons. The summed E-state index contributed by atoms with van der Waals surface area (Å²) < 4.78 is 38.1. The van der Waals surface area contributed by atoms with Crippen molar-refractivity contribution >= 4 is 0 Å². The molecule has 1 fully saturated rings. The van der Waals surface area contributed by atoms with E-state index in [9.17, 15) is 13.2 Å². The summed E-state index contributed by atoms with van der Waals surface area (Å²) in [5, 5.41) is 3.42. The van der Waals surface area contributed by atoms with Gasteiger partial charge in [-0.25, -0.2) is 0 Å². The van der Waals surface area contributed by atoms with Gasteiger partial charge in [0.25, 0.3) is 0 Å². The number of benzene rings is 1. The highest BCUT2D eigenvalue weighted by molar-refractivity contribution is 5.19. The number of nitrogens with one attached hydrogen (secondary N) is 1. The average molecular weight is 300 g/mol. The molecule has 0 amide bonds. The normalized spacial score (nSPS) is 19.6. The zero-order chi connectivity index (χ0) is 15.3. The molecule has 1 unspecified atom stereocenters. The van der Waals surface area contributed by atoms with Crippen LogP contribution in [0.15, 0.2) is 30.3 Å². The molecule has 0 radical (unpaired) electrons. The Hall–Kier alpha value is -1.07. The second-order valence-electron chi connectivity index (χ2n) is 5.64. The van der Waals surface area contributed by atoms with Crippen LogP contribution in [-0.2, 0) is 0 Å². The maximum atomic E-state index is 12.7.